The van der Waals surface area contributed by atoms with E-state index in [2.05, 4.69) is 22.4 Å². The van der Waals surface area contributed by atoms with Crippen molar-refractivity contribution in [1.29, 1.82) is 0 Å². The van der Waals surface area contributed by atoms with Crippen LogP contribution in [0, 0.1) is 0 Å². The average molecular weight is 187 g/mol. The minimum atomic E-state index is 0.620. The maximum absolute atomic E-state index is 5.40. The Hall–Kier alpha value is -1.61. The molecule has 0 saturated carbocycles. The summed E-state index contributed by atoms with van der Waals surface area (Å²) in [5.41, 5.74) is 6.41. The zero-order valence-corrected chi connectivity index (χ0v) is 7.90. The fourth-order valence-electron chi connectivity index (χ4n) is 1.36. The summed E-state index contributed by atoms with van der Waals surface area (Å²) in [7, 11) is 0. The Kier molecular flexibility index (Phi) is 2.60. The number of benzene rings is 1. The number of hydrogen-bond acceptors (Lipinski definition) is 3. The van der Waals surface area contributed by atoms with Gasteiger partial charge in [-0.1, -0.05) is 18.2 Å². The molecule has 0 aliphatic heterocycles. The Morgan fingerprint density at radius 2 is 2.00 bits per heavy atom. The smallest absolute Gasteiger partial charge is 0.126 e. The van der Waals surface area contributed by atoms with Crippen LogP contribution in [0.1, 0.15) is 0 Å². The van der Waals surface area contributed by atoms with Gasteiger partial charge in [-0.3, -0.25) is 0 Å². The summed E-state index contributed by atoms with van der Waals surface area (Å²) in [6.45, 7) is 1.37. The molecule has 0 bridgehead atoms. The number of pyridine rings is 1. The van der Waals surface area contributed by atoms with Gasteiger partial charge < -0.3 is 11.1 Å². The van der Waals surface area contributed by atoms with E-state index in [1.165, 1.54) is 0 Å². The molecule has 3 N–H and O–H groups in total. The molecular formula is C11H13N3. The zero-order chi connectivity index (χ0) is 9.80. The molecule has 0 saturated heterocycles. The summed E-state index contributed by atoms with van der Waals surface area (Å²) in [5.74, 6) is 0.883. The van der Waals surface area contributed by atoms with Crippen molar-refractivity contribution in [1.82, 2.24) is 4.98 Å². The molecule has 0 atom stereocenters. The predicted molar refractivity (Wildman–Crippen MR) is 59.3 cm³/mol. The Labute approximate surface area is 83.0 Å². The molecule has 3 heteroatoms. The molecule has 0 spiro atoms. The summed E-state index contributed by atoms with van der Waals surface area (Å²) < 4.78 is 0. The molecule has 14 heavy (non-hydrogen) atoms. The molecule has 2 rings (SSSR count). The van der Waals surface area contributed by atoms with Crippen LogP contribution in [0.5, 0.6) is 0 Å². The first-order valence-corrected chi connectivity index (χ1v) is 4.70. The van der Waals surface area contributed by atoms with Crippen LogP contribution in [-0.2, 0) is 0 Å². The van der Waals surface area contributed by atoms with E-state index in [0.29, 0.717) is 6.54 Å². The second-order valence-corrected chi connectivity index (χ2v) is 3.10. The van der Waals surface area contributed by atoms with E-state index in [1.807, 2.05) is 24.3 Å². The molecule has 0 fully saturated rings. The maximum Gasteiger partial charge on any atom is 0.126 e. The van der Waals surface area contributed by atoms with E-state index in [-0.39, 0.29) is 0 Å². The van der Waals surface area contributed by atoms with Gasteiger partial charge in [-0.25, -0.2) is 4.98 Å². The normalized spacial score (nSPS) is 10.4. The molecule has 0 aliphatic rings. The molecule has 1 aromatic heterocycles. The van der Waals surface area contributed by atoms with E-state index < -0.39 is 0 Å². The third-order valence-corrected chi connectivity index (χ3v) is 2.05. The van der Waals surface area contributed by atoms with Crippen molar-refractivity contribution in [3.05, 3.63) is 36.4 Å². The third-order valence-electron chi connectivity index (χ3n) is 2.05. The van der Waals surface area contributed by atoms with Crippen molar-refractivity contribution < 1.29 is 0 Å². The van der Waals surface area contributed by atoms with Crippen molar-refractivity contribution in [2.75, 3.05) is 18.4 Å². The number of fused-ring (bicyclic) bond motifs is 1. The number of aromatic nitrogens is 1. The van der Waals surface area contributed by atoms with E-state index in [9.17, 15) is 0 Å². The van der Waals surface area contributed by atoms with Gasteiger partial charge in [-0.2, -0.15) is 0 Å². The highest BCUT2D eigenvalue weighted by atomic mass is 15.0. The third kappa shape index (κ3) is 1.83. The van der Waals surface area contributed by atoms with Gasteiger partial charge in [-0.15, -0.1) is 0 Å². The fraction of sp³-hybridized carbons (Fsp3) is 0.182. The monoisotopic (exact) mass is 187 g/mol. The van der Waals surface area contributed by atoms with Crippen LogP contribution in [-0.4, -0.2) is 18.1 Å². The van der Waals surface area contributed by atoms with E-state index >= 15 is 0 Å². The van der Waals surface area contributed by atoms with Crippen LogP contribution >= 0.6 is 0 Å². The van der Waals surface area contributed by atoms with Gasteiger partial charge in [0, 0.05) is 18.5 Å². The lowest BCUT2D eigenvalue weighted by atomic mass is 10.2. The van der Waals surface area contributed by atoms with Crippen LogP contribution in [0.2, 0.25) is 0 Å². The molecule has 2 aromatic rings. The second kappa shape index (κ2) is 4.07. The molecule has 0 amide bonds. The summed E-state index contributed by atoms with van der Waals surface area (Å²) in [6, 6.07) is 12.1. The summed E-state index contributed by atoms with van der Waals surface area (Å²) >= 11 is 0. The number of rotatable bonds is 3. The van der Waals surface area contributed by atoms with Crippen LogP contribution in [0.4, 0.5) is 5.82 Å². The van der Waals surface area contributed by atoms with Crippen LogP contribution < -0.4 is 11.1 Å². The van der Waals surface area contributed by atoms with Gasteiger partial charge in [0.05, 0.1) is 5.52 Å². The molecule has 0 unspecified atom stereocenters. The first-order chi connectivity index (χ1) is 6.90. The lowest BCUT2D eigenvalue weighted by Crippen LogP contribution is -2.13. The summed E-state index contributed by atoms with van der Waals surface area (Å²) in [5, 5.41) is 4.31. The highest BCUT2D eigenvalue weighted by Gasteiger charge is 1.95. The first kappa shape index (κ1) is 8.97. The van der Waals surface area contributed by atoms with Gasteiger partial charge in [0.15, 0.2) is 0 Å². The van der Waals surface area contributed by atoms with Gasteiger partial charge in [-0.05, 0) is 18.2 Å². The molecular weight excluding hydrogens is 174 g/mol. The Morgan fingerprint density at radius 3 is 2.86 bits per heavy atom. The topological polar surface area (TPSA) is 50.9 Å². The highest BCUT2D eigenvalue weighted by Crippen LogP contribution is 2.13. The van der Waals surface area contributed by atoms with Crippen LogP contribution in [0.15, 0.2) is 36.4 Å². The molecule has 0 radical (unpaired) electrons. The fourth-order valence-corrected chi connectivity index (χ4v) is 1.36. The number of nitrogens with one attached hydrogen (secondary N) is 1. The van der Waals surface area contributed by atoms with Crippen LogP contribution in [0.3, 0.4) is 0 Å². The first-order valence-electron chi connectivity index (χ1n) is 4.70. The summed E-state index contributed by atoms with van der Waals surface area (Å²) in [4.78, 5) is 4.45. The Morgan fingerprint density at radius 1 is 1.14 bits per heavy atom. The van der Waals surface area contributed by atoms with Crippen LogP contribution in [0.25, 0.3) is 10.9 Å². The van der Waals surface area contributed by atoms with Crippen molar-refractivity contribution in [3.63, 3.8) is 0 Å². The number of nitrogens with two attached hydrogens (primary N) is 1. The molecule has 1 heterocycles. The molecule has 72 valence electrons. The molecule has 3 nitrogen and oxygen atoms in total. The van der Waals surface area contributed by atoms with Crippen molar-refractivity contribution in [2.24, 2.45) is 5.73 Å². The zero-order valence-electron chi connectivity index (χ0n) is 7.90. The number of hydrogen-bond donors (Lipinski definition) is 2. The van der Waals surface area contributed by atoms with Crippen molar-refractivity contribution in [3.8, 4) is 0 Å². The predicted octanol–water partition coefficient (Wildman–Crippen LogP) is 1.61. The number of anilines is 1. The van der Waals surface area contributed by atoms with Gasteiger partial charge in [0.2, 0.25) is 0 Å². The quantitative estimate of drug-likeness (QED) is 0.767. The van der Waals surface area contributed by atoms with E-state index in [4.69, 9.17) is 5.73 Å². The lowest BCUT2D eigenvalue weighted by Gasteiger charge is -2.04. The van der Waals surface area contributed by atoms with E-state index in [0.717, 1.165) is 23.3 Å². The van der Waals surface area contributed by atoms with Gasteiger partial charge in [0.1, 0.15) is 5.82 Å². The number of nitrogens with zero attached hydrogens (tertiary/aromatic N) is 1. The Balaban J connectivity index is 2.32. The largest absolute Gasteiger partial charge is 0.369 e. The van der Waals surface area contributed by atoms with E-state index in [1.54, 1.807) is 0 Å². The minimum absolute atomic E-state index is 0.620. The second-order valence-electron chi connectivity index (χ2n) is 3.10. The maximum atomic E-state index is 5.40. The lowest BCUT2D eigenvalue weighted by molar-refractivity contribution is 1.01. The Bertz CT molecular complexity index is 426. The minimum Gasteiger partial charge on any atom is -0.369 e. The highest BCUT2D eigenvalue weighted by molar-refractivity contribution is 5.79. The van der Waals surface area contributed by atoms with Crippen molar-refractivity contribution in [2.45, 2.75) is 0 Å². The average Bonchev–Trinajstić information content (AvgIpc) is 2.26. The molecule has 0 aliphatic carbocycles. The van der Waals surface area contributed by atoms with Gasteiger partial charge in [0.25, 0.3) is 0 Å². The standard InChI is InChI=1S/C11H13N3/c12-7-8-13-11-6-5-9-3-1-2-4-10(9)14-11/h1-6H,7-8,12H2,(H,13,14). The van der Waals surface area contributed by atoms with Gasteiger partial charge >= 0.3 is 0 Å². The SMILES string of the molecule is NCCNc1ccc2ccccc2n1. The van der Waals surface area contributed by atoms with Crippen molar-refractivity contribution >= 4 is 16.7 Å². The summed E-state index contributed by atoms with van der Waals surface area (Å²) in [6.07, 6.45) is 0. The number of para-hydroxylation sites is 1. The molecule has 1 aromatic carbocycles.